The van der Waals surface area contributed by atoms with Crippen LogP contribution in [0.4, 0.5) is 5.69 Å². The first kappa shape index (κ1) is 20.3. The Bertz CT molecular complexity index is 865. The van der Waals surface area contributed by atoms with Crippen LogP contribution in [-0.2, 0) is 14.3 Å². The average Bonchev–Trinajstić information content (AvgIpc) is 2.57. The van der Waals surface area contributed by atoms with Gasteiger partial charge in [-0.1, -0.05) is 46.9 Å². The Hall–Kier alpha value is -2.01. The Morgan fingerprint density at radius 2 is 1.81 bits per heavy atom. The number of ether oxygens (including phenoxy) is 1. The number of aryl methyl sites for hydroxylation is 1. The van der Waals surface area contributed by atoms with Gasteiger partial charge in [-0.05, 0) is 55.3 Å². The van der Waals surface area contributed by atoms with Gasteiger partial charge in [-0.15, -0.1) is 0 Å². The summed E-state index contributed by atoms with van der Waals surface area (Å²) in [5, 5.41) is 4.08. The molecule has 1 atom stereocenters. The molecule has 0 fully saturated rings. The summed E-state index contributed by atoms with van der Waals surface area (Å²) in [5.41, 5.74) is 2.03. The monoisotopic (exact) mass is 411 g/mol. The Kier molecular flexibility index (Phi) is 7.09. The zero-order valence-corrected chi connectivity index (χ0v) is 16.3. The van der Waals surface area contributed by atoms with Crippen molar-refractivity contribution in [2.24, 2.45) is 0 Å². The number of rotatable bonds is 5. The highest BCUT2D eigenvalue weighted by Crippen LogP contribution is 2.22. The largest absolute Gasteiger partial charge is 0.449 e. The topological polar surface area (TPSA) is 55.4 Å². The van der Waals surface area contributed by atoms with Gasteiger partial charge in [-0.3, -0.25) is 4.79 Å². The molecular formula is C19H16Cl3NO3. The summed E-state index contributed by atoms with van der Waals surface area (Å²) < 4.78 is 5.08. The van der Waals surface area contributed by atoms with Crippen LogP contribution < -0.4 is 5.32 Å². The van der Waals surface area contributed by atoms with E-state index in [2.05, 4.69) is 5.32 Å². The SMILES string of the molecule is Cc1ccc(NC(=O)[C@@H](C)OC(=O)/C=C/c2ccc(Cl)cc2Cl)cc1Cl. The van der Waals surface area contributed by atoms with Crippen molar-refractivity contribution in [3.05, 3.63) is 68.7 Å². The van der Waals surface area contributed by atoms with Gasteiger partial charge in [0.2, 0.25) is 0 Å². The average molecular weight is 413 g/mol. The Morgan fingerprint density at radius 1 is 1.08 bits per heavy atom. The lowest BCUT2D eigenvalue weighted by atomic mass is 10.2. The maximum absolute atomic E-state index is 12.1. The number of amides is 1. The standard InChI is InChI=1S/C19H16Cl3NO3/c1-11-3-7-15(10-16(11)21)23-19(25)12(2)26-18(24)8-5-13-4-6-14(20)9-17(13)22/h3-10,12H,1-2H3,(H,23,25)/b8-5+/t12-/m1/s1. The third-order valence-electron chi connectivity index (χ3n) is 3.46. The zero-order chi connectivity index (χ0) is 19.3. The third-order valence-corrected chi connectivity index (χ3v) is 4.43. The molecule has 0 saturated heterocycles. The normalized spacial score (nSPS) is 12.0. The molecule has 0 aromatic heterocycles. The molecular weight excluding hydrogens is 397 g/mol. The van der Waals surface area contributed by atoms with Crippen molar-refractivity contribution in [3.63, 3.8) is 0 Å². The molecule has 2 aromatic rings. The molecule has 26 heavy (non-hydrogen) atoms. The molecule has 2 aromatic carbocycles. The third kappa shape index (κ3) is 5.77. The second-order valence-electron chi connectivity index (χ2n) is 5.53. The maximum Gasteiger partial charge on any atom is 0.331 e. The summed E-state index contributed by atoms with van der Waals surface area (Å²) in [4.78, 5) is 24.0. The molecule has 0 unspecified atom stereocenters. The number of halogens is 3. The smallest absolute Gasteiger partial charge is 0.331 e. The number of nitrogens with one attached hydrogen (secondary N) is 1. The molecule has 4 nitrogen and oxygen atoms in total. The molecule has 1 N–H and O–H groups in total. The van der Waals surface area contributed by atoms with Gasteiger partial charge in [0.1, 0.15) is 0 Å². The molecule has 0 aliphatic heterocycles. The highest BCUT2D eigenvalue weighted by molar-refractivity contribution is 6.35. The quantitative estimate of drug-likeness (QED) is 0.518. The van der Waals surface area contributed by atoms with Gasteiger partial charge in [0.25, 0.3) is 5.91 Å². The number of carbonyl (C=O) groups excluding carboxylic acids is 2. The number of benzene rings is 2. The van der Waals surface area contributed by atoms with Gasteiger partial charge < -0.3 is 10.1 Å². The Morgan fingerprint density at radius 3 is 2.46 bits per heavy atom. The fourth-order valence-corrected chi connectivity index (χ4v) is 2.63. The van der Waals surface area contributed by atoms with Gasteiger partial charge in [0, 0.05) is 26.8 Å². The van der Waals surface area contributed by atoms with Crippen LogP contribution in [0.5, 0.6) is 0 Å². The minimum Gasteiger partial charge on any atom is -0.449 e. The summed E-state index contributed by atoms with van der Waals surface area (Å²) in [5.74, 6) is -1.13. The Balaban J connectivity index is 1.94. The van der Waals surface area contributed by atoms with E-state index in [0.29, 0.717) is 26.3 Å². The van der Waals surface area contributed by atoms with Gasteiger partial charge >= 0.3 is 5.97 Å². The van der Waals surface area contributed by atoms with E-state index >= 15 is 0 Å². The van der Waals surface area contributed by atoms with E-state index in [4.69, 9.17) is 39.5 Å². The highest BCUT2D eigenvalue weighted by atomic mass is 35.5. The Labute approximate surface area is 166 Å². The number of hydrogen-bond acceptors (Lipinski definition) is 3. The van der Waals surface area contributed by atoms with Crippen LogP contribution in [-0.4, -0.2) is 18.0 Å². The van der Waals surface area contributed by atoms with Crippen molar-refractivity contribution >= 4 is 58.4 Å². The zero-order valence-electron chi connectivity index (χ0n) is 14.1. The number of hydrogen-bond donors (Lipinski definition) is 1. The summed E-state index contributed by atoms with van der Waals surface area (Å²) >= 11 is 17.9. The second kappa shape index (κ2) is 9.08. The van der Waals surface area contributed by atoms with E-state index in [1.165, 1.54) is 19.1 Å². The number of esters is 1. The molecule has 136 valence electrons. The lowest BCUT2D eigenvalue weighted by molar-refractivity contribution is -0.148. The van der Waals surface area contributed by atoms with E-state index in [1.54, 1.807) is 36.4 Å². The molecule has 0 saturated carbocycles. The van der Waals surface area contributed by atoms with E-state index in [-0.39, 0.29) is 0 Å². The number of anilines is 1. The van der Waals surface area contributed by atoms with E-state index < -0.39 is 18.0 Å². The highest BCUT2D eigenvalue weighted by Gasteiger charge is 2.17. The molecule has 0 spiro atoms. The van der Waals surface area contributed by atoms with Crippen molar-refractivity contribution in [2.45, 2.75) is 20.0 Å². The van der Waals surface area contributed by atoms with Crippen molar-refractivity contribution < 1.29 is 14.3 Å². The summed E-state index contributed by atoms with van der Waals surface area (Å²) in [6.45, 7) is 3.34. The summed E-state index contributed by atoms with van der Waals surface area (Å²) in [6, 6.07) is 10.0. The molecule has 0 aliphatic rings. The second-order valence-corrected chi connectivity index (χ2v) is 6.78. The van der Waals surface area contributed by atoms with Gasteiger partial charge in [-0.25, -0.2) is 4.79 Å². The number of carbonyl (C=O) groups is 2. The van der Waals surface area contributed by atoms with Crippen molar-refractivity contribution in [1.29, 1.82) is 0 Å². The van der Waals surface area contributed by atoms with E-state index in [1.807, 2.05) is 6.92 Å². The van der Waals surface area contributed by atoms with Gasteiger partial charge in [0.05, 0.1) is 0 Å². The first-order valence-corrected chi connectivity index (χ1v) is 8.80. The van der Waals surface area contributed by atoms with Crippen LogP contribution in [0, 0.1) is 6.92 Å². The van der Waals surface area contributed by atoms with E-state index in [9.17, 15) is 9.59 Å². The lowest BCUT2D eigenvalue weighted by Gasteiger charge is -2.13. The van der Waals surface area contributed by atoms with Crippen LogP contribution in [0.15, 0.2) is 42.5 Å². The lowest BCUT2D eigenvalue weighted by Crippen LogP contribution is -2.29. The molecule has 0 aliphatic carbocycles. The van der Waals surface area contributed by atoms with Crippen LogP contribution in [0.2, 0.25) is 15.1 Å². The summed E-state index contributed by atoms with van der Waals surface area (Å²) in [7, 11) is 0. The summed E-state index contributed by atoms with van der Waals surface area (Å²) in [6.07, 6.45) is 1.71. The molecule has 0 bridgehead atoms. The van der Waals surface area contributed by atoms with E-state index in [0.717, 1.165) is 5.56 Å². The maximum atomic E-state index is 12.1. The van der Waals surface area contributed by atoms with Gasteiger partial charge in [0.15, 0.2) is 6.10 Å². The molecule has 1 amide bonds. The van der Waals surface area contributed by atoms with Crippen LogP contribution in [0.3, 0.4) is 0 Å². The predicted octanol–water partition coefficient (Wildman–Crippen LogP) is 5.54. The fraction of sp³-hybridized carbons (Fsp3) is 0.158. The molecule has 0 heterocycles. The van der Waals surface area contributed by atoms with Crippen molar-refractivity contribution in [2.75, 3.05) is 5.32 Å². The molecule has 2 rings (SSSR count). The first-order valence-electron chi connectivity index (χ1n) is 7.67. The first-order chi connectivity index (χ1) is 12.3. The van der Waals surface area contributed by atoms with Crippen molar-refractivity contribution in [1.82, 2.24) is 0 Å². The van der Waals surface area contributed by atoms with Crippen LogP contribution >= 0.6 is 34.8 Å². The van der Waals surface area contributed by atoms with Crippen molar-refractivity contribution in [3.8, 4) is 0 Å². The predicted molar refractivity (Wildman–Crippen MR) is 106 cm³/mol. The fourth-order valence-electron chi connectivity index (χ4n) is 1.98. The minimum absolute atomic E-state index is 0.406. The van der Waals surface area contributed by atoms with Crippen LogP contribution in [0.1, 0.15) is 18.1 Å². The van der Waals surface area contributed by atoms with Gasteiger partial charge in [-0.2, -0.15) is 0 Å². The minimum atomic E-state index is -0.979. The van der Waals surface area contributed by atoms with Crippen LogP contribution in [0.25, 0.3) is 6.08 Å². The molecule has 7 heteroatoms. The molecule has 0 radical (unpaired) electrons.